The van der Waals surface area contributed by atoms with Gasteiger partial charge in [-0.15, -0.1) is 0 Å². The predicted octanol–water partition coefficient (Wildman–Crippen LogP) is 7.93. The molecule has 1 N–H and O–H groups in total. The van der Waals surface area contributed by atoms with Crippen molar-refractivity contribution in [2.24, 2.45) is 0 Å². The molecule has 0 heterocycles. The fourth-order valence-corrected chi connectivity index (χ4v) is 3.81. The standard InChI is InChI=1S/C18H23N.C15H14O/c1-13(2)19-18(16-9-5-14(3)6-10-16)17-11-7-15(4)8-12-17;1-11-3-7-13(8-4-11)15(16)14-9-5-12(2)6-10-14/h5-13,18-19H,1-4H3;3-10H,1-2H3. The van der Waals surface area contributed by atoms with E-state index in [1.54, 1.807) is 0 Å². The molecule has 35 heavy (non-hydrogen) atoms. The van der Waals surface area contributed by atoms with E-state index in [9.17, 15) is 4.79 Å². The van der Waals surface area contributed by atoms with Crippen LogP contribution in [0.15, 0.2) is 97.1 Å². The highest BCUT2D eigenvalue weighted by Crippen LogP contribution is 2.23. The average molecular weight is 464 g/mol. The normalized spacial score (nSPS) is 10.7. The van der Waals surface area contributed by atoms with Crippen LogP contribution in [-0.4, -0.2) is 11.8 Å². The van der Waals surface area contributed by atoms with Gasteiger partial charge in [0.2, 0.25) is 0 Å². The highest BCUT2D eigenvalue weighted by molar-refractivity contribution is 6.08. The maximum absolute atomic E-state index is 12.1. The molecule has 4 rings (SSSR count). The van der Waals surface area contributed by atoms with Crippen molar-refractivity contribution in [3.05, 3.63) is 142 Å². The molecule has 2 heteroatoms. The molecule has 0 atom stereocenters. The third kappa shape index (κ3) is 7.77. The van der Waals surface area contributed by atoms with Gasteiger partial charge in [0, 0.05) is 17.2 Å². The second-order valence-corrected chi connectivity index (χ2v) is 9.64. The van der Waals surface area contributed by atoms with Gasteiger partial charge in [-0.2, -0.15) is 0 Å². The minimum Gasteiger partial charge on any atom is -0.304 e. The molecular formula is C33H37NO. The molecule has 0 aliphatic carbocycles. The van der Waals surface area contributed by atoms with E-state index in [0.717, 1.165) is 11.1 Å². The minimum absolute atomic E-state index is 0.0833. The second kappa shape index (κ2) is 12.3. The van der Waals surface area contributed by atoms with Crippen LogP contribution in [0.2, 0.25) is 0 Å². The number of hydrogen-bond acceptors (Lipinski definition) is 2. The summed E-state index contributed by atoms with van der Waals surface area (Å²) < 4.78 is 0. The number of nitrogens with one attached hydrogen (secondary N) is 1. The quantitative estimate of drug-likeness (QED) is 0.294. The van der Waals surface area contributed by atoms with Crippen molar-refractivity contribution < 1.29 is 4.79 Å². The third-order valence-corrected chi connectivity index (χ3v) is 5.95. The fourth-order valence-electron chi connectivity index (χ4n) is 3.81. The number of carbonyl (C=O) groups excluding carboxylic acids is 1. The van der Waals surface area contributed by atoms with Gasteiger partial charge in [0.15, 0.2) is 5.78 Å². The summed E-state index contributed by atoms with van der Waals surface area (Å²) in [7, 11) is 0. The summed E-state index contributed by atoms with van der Waals surface area (Å²) in [6.07, 6.45) is 0. The first-order valence-electron chi connectivity index (χ1n) is 12.3. The van der Waals surface area contributed by atoms with Gasteiger partial charge in [0.05, 0.1) is 6.04 Å². The van der Waals surface area contributed by atoms with Gasteiger partial charge in [0.25, 0.3) is 0 Å². The molecule has 4 aromatic rings. The Hall–Kier alpha value is -3.49. The molecule has 0 aromatic heterocycles. The first-order chi connectivity index (χ1) is 16.7. The van der Waals surface area contributed by atoms with E-state index in [0.29, 0.717) is 6.04 Å². The van der Waals surface area contributed by atoms with Crippen LogP contribution in [0.25, 0.3) is 0 Å². The van der Waals surface area contributed by atoms with Gasteiger partial charge in [0.1, 0.15) is 0 Å². The van der Waals surface area contributed by atoms with Gasteiger partial charge in [-0.3, -0.25) is 4.79 Å². The van der Waals surface area contributed by atoms with Gasteiger partial charge in [-0.05, 0) is 52.7 Å². The summed E-state index contributed by atoms with van der Waals surface area (Å²) in [5.74, 6) is 0.0833. The van der Waals surface area contributed by atoms with Crippen LogP contribution < -0.4 is 5.32 Å². The van der Waals surface area contributed by atoms with Crippen molar-refractivity contribution in [1.29, 1.82) is 0 Å². The topological polar surface area (TPSA) is 29.1 Å². The lowest BCUT2D eigenvalue weighted by Gasteiger charge is -2.22. The molecule has 4 aromatic carbocycles. The maximum atomic E-state index is 12.1. The number of rotatable bonds is 6. The summed E-state index contributed by atoms with van der Waals surface area (Å²) in [5.41, 5.74) is 9.07. The van der Waals surface area contributed by atoms with Crippen molar-refractivity contribution in [3.8, 4) is 0 Å². The first-order valence-corrected chi connectivity index (χ1v) is 12.3. The SMILES string of the molecule is Cc1ccc(C(=O)c2ccc(C)cc2)cc1.Cc1ccc(C(NC(C)C)c2ccc(C)cc2)cc1. The van der Waals surface area contributed by atoms with Crippen LogP contribution in [0.4, 0.5) is 0 Å². The highest BCUT2D eigenvalue weighted by atomic mass is 16.1. The average Bonchev–Trinajstić information content (AvgIpc) is 2.85. The maximum Gasteiger partial charge on any atom is 0.193 e. The molecule has 2 nitrogen and oxygen atoms in total. The molecule has 0 radical (unpaired) electrons. The highest BCUT2D eigenvalue weighted by Gasteiger charge is 2.14. The van der Waals surface area contributed by atoms with Gasteiger partial charge >= 0.3 is 0 Å². The van der Waals surface area contributed by atoms with Crippen LogP contribution in [0, 0.1) is 27.7 Å². The number of hydrogen-bond donors (Lipinski definition) is 1. The van der Waals surface area contributed by atoms with Crippen LogP contribution in [0.5, 0.6) is 0 Å². The van der Waals surface area contributed by atoms with Gasteiger partial charge in [-0.1, -0.05) is 119 Å². The smallest absolute Gasteiger partial charge is 0.193 e. The Morgan fingerprint density at radius 2 is 0.800 bits per heavy atom. The fraction of sp³-hybridized carbons (Fsp3) is 0.242. The molecule has 0 aliphatic rings. The summed E-state index contributed by atoms with van der Waals surface area (Å²) >= 11 is 0. The van der Waals surface area contributed by atoms with Crippen molar-refractivity contribution >= 4 is 5.78 Å². The minimum atomic E-state index is 0.0833. The van der Waals surface area contributed by atoms with Crippen LogP contribution >= 0.6 is 0 Å². The first kappa shape index (κ1) is 26.1. The number of carbonyl (C=O) groups is 1. The van der Waals surface area contributed by atoms with E-state index in [-0.39, 0.29) is 11.8 Å². The van der Waals surface area contributed by atoms with Crippen molar-refractivity contribution in [1.82, 2.24) is 5.32 Å². The zero-order valence-corrected chi connectivity index (χ0v) is 21.8. The molecule has 0 saturated carbocycles. The Balaban J connectivity index is 0.000000198. The molecule has 180 valence electrons. The van der Waals surface area contributed by atoms with Crippen LogP contribution in [0.1, 0.15) is 69.2 Å². The molecule has 0 unspecified atom stereocenters. The Labute approximate surface area is 211 Å². The van der Waals surface area contributed by atoms with E-state index in [1.807, 2.05) is 62.4 Å². The van der Waals surface area contributed by atoms with E-state index in [1.165, 1.54) is 33.4 Å². The van der Waals surface area contributed by atoms with E-state index in [4.69, 9.17) is 0 Å². The van der Waals surface area contributed by atoms with Crippen molar-refractivity contribution in [3.63, 3.8) is 0 Å². The second-order valence-electron chi connectivity index (χ2n) is 9.64. The summed E-state index contributed by atoms with van der Waals surface area (Å²) in [6, 6.07) is 33.6. The zero-order chi connectivity index (χ0) is 25.4. The molecule has 0 bridgehead atoms. The van der Waals surface area contributed by atoms with Gasteiger partial charge in [-0.25, -0.2) is 0 Å². The number of aryl methyl sites for hydroxylation is 4. The number of ketones is 1. The van der Waals surface area contributed by atoms with E-state index < -0.39 is 0 Å². The molecule has 0 aliphatic heterocycles. The largest absolute Gasteiger partial charge is 0.304 e. The predicted molar refractivity (Wildman–Crippen MR) is 148 cm³/mol. The summed E-state index contributed by atoms with van der Waals surface area (Å²) in [4.78, 5) is 12.1. The number of benzene rings is 4. The Morgan fingerprint density at radius 3 is 1.09 bits per heavy atom. The van der Waals surface area contributed by atoms with Crippen LogP contribution in [0.3, 0.4) is 0 Å². The Bertz CT molecular complexity index is 1110. The van der Waals surface area contributed by atoms with Crippen molar-refractivity contribution in [2.75, 3.05) is 0 Å². The summed E-state index contributed by atoms with van der Waals surface area (Å²) in [6.45, 7) is 12.7. The van der Waals surface area contributed by atoms with E-state index >= 15 is 0 Å². The monoisotopic (exact) mass is 463 g/mol. The van der Waals surface area contributed by atoms with E-state index in [2.05, 4.69) is 81.5 Å². The Kier molecular flexibility index (Phi) is 9.17. The molecule has 0 amide bonds. The lowest BCUT2D eigenvalue weighted by molar-refractivity contribution is 0.103. The van der Waals surface area contributed by atoms with Crippen molar-refractivity contribution in [2.45, 2.75) is 53.6 Å². The molecule has 0 spiro atoms. The van der Waals surface area contributed by atoms with Crippen LogP contribution in [-0.2, 0) is 0 Å². The molecule has 0 fully saturated rings. The lowest BCUT2D eigenvalue weighted by atomic mass is 9.96. The third-order valence-electron chi connectivity index (χ3n) is 5.95. The molecule has 0 saturated heterocycles. The lowest BCUT2D eigenvalue weighted by Crippen LogP contribution is -2.28. The van der Waals surface area contributed by atoms with Gasteiger partial charge < -0.3 is 5.32 Å². The Morgan fingerprint density at radius 1 is 0.514 bits per heavy atom. The molecular weight excluding hydrogens is 426 g/mol. The summed E-state index contributed by atoms with van der Waals surface area (Å²) in [5, 5.41) is 3.65. The zero-order valence-electron chi connectivity index (χ0n) is 21.8.